The number of hydrogen-bond donors (Lipinski definition) is 1. The van der Waals surface area contributed by atoms with Crippen molar-refractivity contribution in [1.82, 2.24) is 0 Å². The second-order valence-electron chi connectivity index (χ2n) is 3.74. The summed E-state index contributed by atoms with van der Waals surface area (Å²) in [6, 6.07) is 0. The molecule has 1 N–H and O–H groups in total. The highest BCUT2D eigenvalue weighted by molar-refractivity contribution is 7.99. The molecule has 0 aliphatic rings. The summed E-state index contributed by atoms with van der Waals surface area (Å²) in [6.45, 7) is 8.52. The van der Waals surface area contributed by atoms with E-state index in [1.165, 1.54) is 0 Å². The van der Waals surface area contributed by atoms with Gasteiger partial charge in [-0.15, -0.1) is 0 Å². The van der Waals surface area contributed by atoms with E-state index in [0.717, 1.165) is 17.4 Å². The predicted molar refractivity (Wildman–Crippen MR) is 53.0 cm³/mol. The van der Waals surface area contributed by atoms with Crippen LogP contribution < -0.4 is 0 Å². The Balaban J connectivity index is 3.24. The molecular weight excluding hydrogens is 156 g/mol. The van der Waals surface area contributed by atoms with Gasteiger partial charge in [0, 0.05) is 5.75 Å². The minimum atomic E-state index is -0.126. The van der Waals surface area contributed by atoms with Crippen LogP contribution in [0.25, 0.3) is 0 Å². The summed E-state index contributed by atoms with van der Waals surface area (Å²) in [7, 11) is 0. The maximum atomic E-state index is 9.42. The van der Waals surface area contributed by atoms with Crippen LogP contribution in [0.4, 0.5) is 0 Å². The van der Waals surface area contributed by atoms with Crippen molar-refractivity contribution in [2.75, 3.05) is 11.5 Å². The molecule has 0 aliphatic heterocycles. The van der Waals surface area contributed by atoms with Gasteiger partial charge in [-0.25, -0.2) is 0 Å². The molecule has 0 fully saturated rings. The van der Waals surface area contributed by atoms with E-state index < -0.39 is 0 Å². The Morgan fingerprint density at radius 1 is 1.09 bits per heavy atom. The van der Waals surface area contributed by atoms with Gasteiger partial charge in [0.2, 0.25) is 0 Å². The molecule has 0 aliphatic carbocycles. The Labute approximate surface area is 74.6 Å². The Morgan fingerprint density at radius 3 is 2.00 bits per heavy atom. The van der Waals surface area contributed by atoms with Crippen molar-refractivity contribution in [1.29, 1.82) is 0 Å². The Bertz CT molecular complexity index is 91.6. The number of hydrogen-bond acceptors (Lipinski definition) is 2. The van der Waals surface area contributed by atoms with Gasteiger partial charge >= 0.3 is 0 Å². The molecule has 0 radical (unpaired) electrons. The van der Waals surface area contributed by atoms with E-state index in [0.29, 0.717) is 5.92 Å². The van der Waals surface area contributed by atoms with Gasteiger partial charge in [0.25, 0.3) is 0 Å². The fourth-order valence-corrected chi connectivity index (χ4v) is 1.85. The Hall–Kier alpha value is 0.310. The van der Waals surface area contributed by atoms with Crippen molar-refractivity contribution in [2.45, 2.75) is 33.8 Å². The van der Waals surface area contributed by atoms with E-state index >= 15 is 0 Å². The van der Waals surface area contributed by atoms with Crippen LogP contribution in [0, 0.1) is 11.8 Å². The maximum absolute atomic E-state index is 9.42. The van der Waals surface area contributed by atoms with E-state index in [1.807, 2.05) is 11.8 Å². The largest absolute Gasteiger partial charge is 0.392 e. The lowest BCUT2D eigenvalue weighted by molar-refractivity contribution is 0.149. The van der Waals surface area contributed by atoms with E-state index in [-0.39, 0.29) is 6.10 Å². The highest BCUT2D eigenvalue weighted by atomic mass is 32.2. The Kier molecular flexibility index (Phi) is 6.06. The minimum absolute atomic E-state index is 0.126. The van der Waals surface area contributed by atoms with Crippen molar-refractivity contribution >= 4 is 11.8 Å². The maximum Gasteiger partial charge on any atom is 0.0653 e. The number of thioether (sulfide) groups is 1. The molecule has 68 valence electrons. The average Bonchev–Trinajstić information content (AvgIpc) is 1.86. The normalized spacial score (nSPS) is 14.5. The molecule has 0 amide bonds. The zero-order chi connectivity index (χ0) is 8.85. The summed E-state index contributed by atoms with van der Waals surface area (Å²) in [5, 5.41) is 9.42. The smallest absolute Gasteiger partial charge is 0.0653 e. The van der Waals surface area contributed by atoms with Gasteiger partial charge in [-0.2, -0.15) is 11.8 Å². The van der Waals surface area contributed by atoms with Crippen LogP contribution in [0.1, 0.15) is 27.7 Å². The van der Waals surface area contributed by atoms with Crippen molar-refractivity contribution in [3.63, 3.8) is 0 Å². The van der Waals surface area contributed by atoms with Crippen LogP contribution in [0.5, 0.6) is 0 Å². The summed E-state index contributed by atoms with van der Waals surface area (Å²) in [5.74, 6) is 3.17. The first-order chi connectivity index (χ1) is 5.04. The summed E-state index contributed by atoms with van der Waals surface area (Å²) in [6.07, 6.45) is -0.126. The van der Waals surface area contributed by atoms with Gasteiger partial charge in [0.15, 0.2) is 0 Å². The van der Waals surface area contributed by atoms with Crippen molar-refractivity contribution < 1.29 is 5.11 Å². The van der Waals surface area contributed by atoms with Crippen molar-refractivity contribution in [3.05, 3.63) is 0 Å². The standard InChI is InChI=1S/C9H20OS/c1-7(2)5-11-6-9(10)8(3)4/h7-10H,5-6H2,1-4H3. The molecule has 0 aromatic rings. The summed E-state index contributed by atoms with van der Waals surface area (Å²) in [5.41, 5.74) is 0. The molecule has 1 nitrogen and oxygen atoms in total. The average molecular weight is 176 g/mol. The summed E-state index contributed by atoms with van der Waals surface area (Å²) >= 11 is 1.85. The lowest BCUT2D eigenvalue weighted by atomic mass is 10.1. The van der Waals surface area contributed by atoms with E-state index in [9.17, 15) is 5.11 Å². The molecule has 0 rings (SSSR count). The fourth-order valence-electron chi connectivity index (χ4n) is 0.617. The van der Waals surface area contributed by atoms with Gasteiger partial charge < -0.3 is 5.11 Å². The minimum Gasteiger partial charge on any atom is -0.392 e. The lowest BCUT2D eigenvalue weighted by Gasteiger charge is -2.14. The molecule has 2 heteroatoms. The molecule has 1 atom stereocenters. The van der Waals surface area contributed by atoms with Crippen LogP contribution in [0.3, 0.4) is 0 Å². The van der Waals surface area contributed by atoms with E-state index in [1.54, 1.807) is 0 Å². The molecule has 0 heterocycles. The predicted octanol–water partition coefficient (Wildman–Crippen LogP) is 2.39. The second-order valence-corrected chi connectivity index (χ2v) is 4.82. The number of rotatable bonds is 5. The van der Waals surface area contributed by atoms with Crippen LogP contribution in [0.15, 0.2) is 0 Å². The third-order valence-electron chi connectivity index (χ3n) is 1.51. The van der Waals surface area contributed by atoms with Crippen LogP contribution >= 0.6 is 11.8 Å². The zero-order valence-corrected chi connectivity index (χ0v) is 8.82. The highest BCUT2D eigenvalue weighted by Gasteiger charge is 2.08. The van der Waals surface area contributed by atoms with Crippen molar-refractivity contribution in [2.24, 2.45) is 11.8 Å². The van der Waals surface area contributed by atoms with E-state index in [4.69, 9.17) is 0 Å². The molecule has 1 unspecified atom stereocenters. The highest BCUT2D eigenvalue weighted by Crippen LogP contribution is 2.12. The molecule has 0 aromatic heterocycles. The van der Waals surface area contributed by atoms with Crippen LogP contribution in [-0.4, -0.2) is 22.7 Å². The monoisotopic (exact) mass is 176 g/mol. The van der Waals surface area contributed by atoms with Crippen molar-refractivity contribution in [3.8, 4) is 0 Å². The fraction of sp³-hybridized carbons (Fsp3) is 1.00. The molecule has 0 saturated heterocycles. The second kappa shape index (κ2) is 5.90. The SMILES string of the molecule is CC(C)CSCC(O)C(C)C. The first-order valence-electron chi connectivity index (χ1n) is 4.29. The molecule has 0 aromatic carbocycles. The first-order valence-corrected chi connectivity index (χ1v) is 5.45. The van der Waals surface area contributed by atoms with Crippen LogP contribution in [-0.2, 0) is 0 Å². The van der Waals surface area contributed by atoms with Gasteiger partial charge in [0.1, 0.15) is 0 Å². The van der Waals surface area contributed by atoms with E-state index in [2.05, 4.69) is 27.7 Å². The molecule has 11 heavy (non-hydrogen) atoms. The Morgan fingerprint density at radius 2 is 1.64 bits per heavy atom. The van der Waals surface area contributed by atoms with Gasteiger partial charge in [0.05, 0.1) is 6.10 Å². The molecule has 0 saturated carbocycles. The molecule has 0 bridgehead atoms. The van der Waals surface area contributed by atoms with Gasteiger partial charge in [-0.1, -0.05) is 27.7 Å². The van der Waals surface area contributed by atoms with Gasteiger partial charge in [-0.05, 0) is 17.6 Å². The summed E-state index contributed by atoms with van der Waals surface area (Å²) < 4.78 is 0. The third-order valence-corrected chi connectivity index (χ3v) is 2.99. The lowest BCUT2D eigenvalue weighted by Crippen LogP contribution is -2.17. The van der Waals surface area contributed by atoms with Gasteiger partial charge in [-0.3, -0.25) is 0 Å². The number of aliphatic hydroxyl groups excluding tert-OH is 1. The third kappa shape index (κ3) is 6.70. The zero-order valence-electron chi connectivity index (χ0n) is 8.00. The summed E-state index contributed by atoms with van der Waals surface area (Å²) in [4.78, 5) is 0. The first kappa shape index (κ1) is 11.3. The quantitative estimate of drug-likeness (QED) is 0.694. The molecule has 0 spiro atoms. The van der Waals surface area contributed by atoms with Crippen LogP contribution in [0.2, 0.25) is 0 Å². The molecular formula is C9H20OS. The number of aliphatic hydroxyl groups is 1. The topological polar surface area (TPSA) is 20.2 Å².